The van der Waals surface area contributed by atoms with Crippen molar-refractivity contribution in [1.82, 2.24) is 4.90 Å². The van der Waals surface area contributed by atoms with E-state index in [1.54, 1.807) is 49.9 Å². The van der Waals surface area contributed by atoms with Crippen LogP contribution < -0.4 is 0 Å². The predicted molar refractivity (Wildman–Crippen MR) is 101 cm³/mol. The molecule has 2 saturated heterocycles. The Labute approximate surface area is 164 Å². The molecular weight excluding hydrogens is 370 g/mol. The zero-order chi connectivity index (χ0) is 19.8. The molecule has 2 aliphatic heterocycles. The van der Waals surface area contributed by atoms with E-state index in [1.165, 1.54) is 0 Å². The molecule has 1 amide bonds. The highest BCUT2D eigenvalue weighted by molar-refractivity contribution is 6.30. The minimum Gasteiger partial charge on any atom is -0.481 e. The molecule has 2 unspecified atom stereocenters. The van der Waals surface area contributed by atoms with Crippen LogP contribution in [0.1, 0.15) is 45.1 Å². The number of hydrogen-bond acceptors (Lipinski definition) is 4. The van der Waals surface area contributed by atoms with E-state index >= 15 is 0 Å². The molecule has 3 rings (SSSR count). The van der Waals surface area contributed by atoms with Crippen LogP contribution in [0.5, 0.6) is 0 Å². The second kappa shape index (κ2) is 7.32. The van der Waals surface area contributed by atoms with Crippen molar-refractivity contribution in [2.45, 2.75) is 51.2 Å². The molecule has 2 heterocycles. The van der Waals surface area contributed by atoms with Gasteiger partial charge >= 0.3 is 12.1 Å². The summed E-state index contributed by atoms with van der Waals surface area (Å²) in [5.41, 5.74) is -0.231. The van der Waals surface area contributed by atoms with Gasteiger partial charge < -0.3 is 19.5 Å². The fourth-order valence-corrected chi connectivity index (χ4v) is 4.18. The van der Waals surface area contributed by atoms with Gasteiger partial charge in [-0.2, -0.15) is 0 Å². The Bertz CT molecular complexity index is 706. The predicted octanol–water partition coefficient (Wildman–Crippen LogP) is 3.92. The first kappa shape index (κ1) is 20.0. The molecule has 0 bridgehead atoms. The number of likely N-dealkylation sites (tertiary alicyclic amines) is 1. The summed E-state index contributed by atoms with van der Waals surface area (Å²) in [5.74, 6) is -1.82. The number of carboxylic acid groups (broad SMARTS) is 1. The summed E-state index contributed by atoms with van der Waals surface area (Å²) in [6, 6.07) is 6.28. The van der Waals surface area contributed by atoms with Gasteiger partial charge in [-0.25, -0.2) is 4.79 Å². The van der Waals surface area contributed by atoms with Crippen molar-refractivity contribution in [3.8, 4) is 0 Å². The van der Waals surface area contributed by atoms with Gasteiger partial charge in [0.15, 0.2) is 0 Å². The number of benzene rings is 1. The highest BCUT2D eigenvalue weighted by Gasteiger charge is 2.53. The summed E-state index contributed by atoms with van der Waals surface area (Å²) >= 11 is 5.96. The van der Waals surface area contributed by atoms with Crippen molar-refractivity contribution >= 4 is 23.7 Å². The molecule has 0 aromatic heterocycles. The van der Waals surface area contributed by atoms with Gasteiger partial charge in [-0.3, -0.25) is 4.79 Å². The lowest BCUT2D eigenvalue weighted by atomic mass is 9.80. The number of carbonyl (C=O) groups excluding carboxylic acids is 1. The van der Waals surface area contributed by atoms with Crippen LogP contribution in [0, 0.1) is 5.41 Å². The van der Waals surface area contributed by atoms with Crippen LogP contribution in [0.2, 0.25) is 5.02 Å². The van der Waals surface area contributed by atoms with E-state index in [-0.39, 0.29) is 5.41 Å². The molecule has 7 heteroatoms. The molecule has 3 atom stereocenters. The minimum absolute atomic E-state index is 0.207. The number of amides is 1. The van der Waals surface area contributed by atoms with Crippen LogP contribution in [0.4, 0.5) is 4.79 Å². The molecule has 148 valence electrons. The Kier molecular flexibility index (Phi) is 5.41. The highest BCUT2D eigenvalue weighted by Crippen LogP contribution is 2.46. The van der Waals surface area contributed by atoms with Gasteiger partial charge in [-0.05, 0) is 51.3 Å². The highest BCUT2D eigenvalue weighted by atomic mass is 35.5. The third-order valence-corrected chi connectivity index (χ3v) is 5.49. The molecule has 0 saturated carbocycles. The first-order valence-corrected chi connectivity index (χ1v) is 9.54. The molecule has 2 fully saturated rings. The smallest absolute Gasteiger partial charge is 0.410 e. The lowest BCUT2D eigenvalue weighted by Crippen LogP contribution is -2.44. The third kappa shape index (κ3) is 4.38. The average molecular weight is 396 g/mol. The SMILES string of the molecule is CC(C)(C)OC(=O)N1CC2(CCOC2)C[C@H]1C(C(=O)O)c1ccc(Cl)cc1. The van der Waals surface area contributed by atoms with Gasteiger partial charge in [0, 0.05) is 23.6 Å². The fraction of sp³-hybridized carbons (Fsp3) is 0.600. The molecular formula is C20H26ClNO5. The van der Waals surface area contributed by atoms with E-state index in [9.17, 15) is 14.7 Å². The zero-order valence-corrected chi connectivity index (χ0v) is 16.7. The molecule has 1 spiro atoms. The van der Waals surface area contributed by atoms with Gasteiger partial charge in [-0.15, -0.1) is 0 Å². The quantitative estimate of drug-likeness (QED) is 0.839. The van der Waals surface area contributed by atoms with Crippen molar-refractivity contribution in [2.24, 2.45) is 5.41 Å². The van der Waals surface area contributed by atoms with E-state index in [0.717, 1.165) is 6.42 Å². The number of hydrogen-bond donors (Lipinski definition) is 1. The van der Waals surface area contributed by atoms with E-state index < -0.39 is 29.6 Å². The molecule has 2 aliphatic rings. The molecule has 0 radical (unpaired) electrons. The number of nitrogens with zero attached hydrogens (tertiary/aromatic N) is 1. The maximum Gasteiger partial charge on any atom is 0.410 e. The molecule has 6 nitrogen and oxygen atoms in total. The van der Waals surface area contributed by atoms with Crippen molar-refractivity contribution in [2.75, 3.05) is 19.8 Å². The lowest BCUT2D eigenvalue weighted by molar-refractivity contribution is -0.140. The minimum atomic E-state index is -0.966. The second-order valence-corrected chi connectivity index (χ2v) is 8.99. The van der Waals surface area contributed by atoms with E-state index in [1.807, 2.05) is 0 Å². The van der Waals surface area contributed by atoms with Gasteiger partial charge in [0.2, 0.25) is 0 Å². The van der Waals surface area contributed by atoms with Crippen LogP contribution in [0.25, 0.3) is 0 Å². The Morgan fingerprint density at radius 1 is 1.33 bits per heavy atom. The Balaban J connectivity index is 1.95. The summed E-state index contributed by atoms with van der Waals surface area (Å²) in [6.45, 7) is 7.03. The third-order valence-electron chi connectivity index (χ3n) is 5.24. The van der Waals surface area contributed by atoms with Crippen LogP contribution in [-0.2, 0) is 14.3 Å². The lowest BCUT2D eigenvalue weighted by Gasteiger charge is -2.31. The molecule has 1 N–H and O–H groups in total. The monoisotopic (exact) mass is 395 g/mol. The van der Waals surface area contributed by atoms with Crippen LogP contribution >= 0.6 is 11.6 Å². The number of rotatable bonds is 3. The number of aliphatic carboxylic acids is 1. The standard InChI is InChI=1S/C20H26ClNO5/c1-19(2,3)27-18(25)22-11-20(8-9-26-12-20)10-15(22)16(17(23)24)13-4-6-14(21)7-5-13/h4-7,15-16H,8-12H2,1-3H3,(H,23,24)/t15-,16?,20?/m0/s1. The normalized spacial score (nSPS) is 26.4. The van der Waals surface area contributed by atoms with Crippen LogP contribution in [0.3, 0.4) is 0 Å². The summed E-state index contributed by atoms with van der Waals surface area (Å²) in [7, 11) is 0. The molecule has 0 aliphatic carbocycles. The number of ether oxygens (including phenoxy) is 2. The number of carboxylic acids is 1. The van der Waals surface area contributed by atoms with Crippen LogP contribution in [-0.4, -0.2) is 53.5 Å². The molecule has 1 aromatic rings. The largest absolute Gasteiger partial charge is 0.481 e. The summed E-state index contributed by atoms with van der Waals surface area (Å²) < 4.78 is 11.1. The van der Waals surface area contributed by atoms with E-state index in [2.05, 4.69) is 0 Å². The number of carbonyl (C=O) groups is 2. The van der Waals surface area contributed by atoms with Crippen molar-refractivity contribution in [1.29, 1.82) is 0 Å². The molecule has 1 aromatic carbocycles. The maximum atomic E-state index is 12.9. The summed E-state index contributed by atoms with van der Waals surface area (Å²) in [4.78, 5) is 26.6. The Morgan fingerprint density at radius 3 is 2.52 bits per heavy atom. The topological polar surface area (TPSA) is 76.1 Å². The fourth-order valence-electron chi connectivity index (χ4n) is 4.05. The first-order valence-electron chi connectivity index (χ1n) is 9.16. The summed E-state index contributed by atoms with van der Waals surface area (Å²) in [6.07, 6.45) is 0.915. The van der Waals surface area contributed by atoms with Gasteiger partial charge in [0.05, 0.1) is 12.6 Å². The van der Waals surface area contributed by atoms with Crippen molar-refractivity contribution in [3.63, 3.8) is 0 Å². The molecule has 27 heavy (non-hydrogen) atoms. The summed E-state index contributed by atoms with van der Waals surface area (Å²) in [5, 5.41) is 10.5. The van der Waals surface area contributed by atoms with E-state index in [0.29, 0.717) is 36.8 Å². The Hall–Kier alpha value is -1.79. The Morgan fingerprint density at radius 2 is 2.00 bits per heavy atom. The van der Waals surface area contributed by atoms with Gasteiger partial charge in [0.25, 0.3) is 0 Å². The average Bonchev–Trinajstić information content (AvgIpc) is 3.15. The van der Waals surface area contributed by atoms with Crippen molar-refractivity contribution in [3.05, 3.63) is 34.9 Å². The second-order valence-electron chi connectivity index (χ2n) is 8.55. The number of halogens is 1. The van der Waals surface area contributed by atoms with Crippen LogP contribution in [0.15, 0.2) is 24.3 Å². The first-order chi connectivity index (χ1) is 12.6. The van der Waals surface area contributed by atoms with Gasteiger partial charge in [0.1, 0.15) is 11.5 Å². The zero-order valence-electron chi connectivity index (χ0n) is 15.9. The van der Waals surface area contributed by atoms with Gasteiger partial charge in [-0.1, -0.05) is 23.7 Å². The maximum absolute atomic E-state index is 12.9. The van der Waals surface area contributed by atoms with Crippen molar-refractivity contribution < 1.29 is 24.2 Å². The van der Waals surface area contributed by atoms with E-state index in [4.69, 9.17) is 21.1 Å².